The fourth-order valence-corrected chi connectivity index (χ4v) is 1.40. The molecule has 1 aromatic rings. The van der Waals surface area contributed by atoms with Crippen LogP contribution in [0.4, 0.5) is 26.3 Å². The van der Waals surface area contributed by atoms with Crippen LogP contribution in [0.2, 0.25) is 0 Å². The highest BCUT2D eigenvalue weighted by atomic mass is 19.4. The zero-order chi connectivity index (χ0) is 15.6. The standard InChI is InChI=1S/C13H6F6O/c1-3-11(20-4-2)8-5-9(12(14,15)16)7-10(6-8)13(17,18)19/h1-2,5-7,11H/t11-/m1/s1. The molecule has 0 saturated heterocycles. The van der Waals surface area contributed by atoms with Crippen molar-refractivity contribution in [1.29, 1.82) is 0 Å². The van der Waals surface area contributed by atoms with E-state index in [0.717, 1.165) is 0 Å². The summed E-state index contributed by atoms with van der Waals surface area (Å²) in [6.45, 7) is 0. The Labute approximate surface area is 110 Å². The molecule has 0 fully saturated rings. The van der Waals surface area contributed by atoms with Crippen molar-refractivity contribution in [2.45, 2.75) is 18.5 Å². The Morgan fingerprint density at radius 3 is 1.65 bits per heavy atom. The number of rotatable bonds is 2. The van der Waals surface area contributed by atoms with E-state index in [0.29, 0.717) is 12.1 Å². The first-order valence-corrected chi connectivity index (χ1v) is 4.96. The smallest absolute Gasteiger partial charge is 0.416 e. The van der Waals surface area contributed by atoms with Crippen LogP contribution in [-0.2, 0) is 17.1 Å². The molecule has 0 amide bonds. The maximum Gasteiger partial charge on any atom is 0.416 e. The molecule has 0 aliphatic carbocycles. The van der Waals surface area contributed by atoms with E-state index in [4.69, 9.17) is 12.8 Å². The molecule has 0 radical (unpaired) electrons. The van der Waals surface area contributed by atoms with Crippen LogP contribution in [-0.4, -0.2) is 0 Å². The van der Waals surface area contributed by atoms with E-state index in [1.54, 1.807) is 6.11 Å². The van der Waals surface area contributed by atoms with Gasteiger partial charge in [0, 0.05) is 5.56 Å². The molecule has 0 unspecified atom stereocenters. The highest BCUT2D eigenvalue weighted by Gasteiger charge is 2.37. The number of terminal acetylenes is 2. The summed E-state index contributed by atoms with van der Waals surface area (Å²) in [4.78, 5) is 0. The Bertz CT molecular complexity index is 538. The van der Waals surface area contributed by atoms with Crippen molar-refractivity contribution in [2.75, 3.05) is 0 Å². The molecule has 1 rings (SSSR count). The second kappa shape index (κ2) is 5.38. The minimum atomic E-state index is -4.95. The molecule has 20 heavy (non-hydrogen) atoms. The SMILES string of the molecule is C#CO[C@H](C#C)c1cc(C(F)(F)F)cc(C(F)(F)F)c1. The average Bonchev–Trinajstić information content (AvgIpc) is 2.33. The Morgan fingerprint density at radius 2 is 1.35 bits per heavy atom. The van der Waals surface area contributed by atoms with Crippen molar-refractivity contribution >= 4 is 0 Å². The maximum atomic E-state index is 12.6. The van der Waals surface area contributed by atoms with Gasteiger partial charge in [-0.1, -0.05) is 12.3 Å². The molecule has 1 aromatic carbocycles. The number of ether oxygens (including phenoxy) is 1. The summed E-state index contributed by atoms with van der Waals surface area (Å²) in [5, 5.41) is 0. The van der Waals surface area contributed by atoms with Crippen molar-refractivity contribution in [2.24, 2.45) is 0 Å². The van der Waals surface area contributed by atoms with Gasteiger partial charge in [0.1, 0.15) is 6.11 Å². The molecule has 0 heterocycles. The molecule has 0 aromatic heterocycles. The third kappa shape index (κ3) is 3.61. The summed E-state index contributed by atoms with van der Waals surface area (Å²) in [5.41, 5.74) is -3.46. The summed E-state index contributed by atoms with van der Waals surface area (Å²) in [6.07, 6.45) is -0.0205. The minimum absolute atomic E-state index is 0.00699. The second-order valence-corrected chi connectivity index (χ2v) is 3.62. The third-order valence-electron chi connectivity index (χ3n) is 2.25. The highest BCUT2D eigenvalue weighted by Crippen LogP contribution is 2.37. The van der Waals surface area contributed by atoms with Gasteiger partial charge in [0.25, 0.3) is 0 Å². The van der Waals surface area contributed by atoms with Crippen LogP contribution >= 0.6 is 0 Å². The summed E-state index contributed by atoms with van der Waals surface area (Å²) in [6, 6.07) is 0.932. The topological polar surface area (TPSA) is 9.23 Å². The van der Waals surface area contributed by atoms with Crippen LogP contribution in [0.15, 0.2) is 18.2 Å². The number of benzene rings is 1. The fourth-order valence-electron chi connectivity index (χ4n) is 1.40. The summed E-state index contributed by atoms with van der Waals surface area (Å²) in [5.74, 6) is 1.88. The monoisotopic (exact) mass is 292 g/mol. The lowest BCUT2D eigenvalue weighted by Crippen LogP contribution is -2.13. The average molecular weight is 292 g/mol. The number of alkyl halides is 6. The largest absolute Gasteiger partial charge is 0.425 e. The van der Waals surface area contributed by atoms with Crippen molar-refractivity contribution < 1.29 is 31.1 Å². The van der Waals surface area contributed by atoms with Gasteiger partial charge in [0.2, 0.25) is 0 Å². The number of hydrogen-bond donors (Lipinski definition) is 0. The number of hydrogen-bond acceptors (Lipinski definition) is 1. The van der Waals surface area contributed by atoms with Gasteiger partial charge in [0.15, 0.2) is 6.10 Å². The van der Waals surface area contributed by atoms with Crippen molar-refractivity contribution in [1.82, 2.24) is 0 Å². The van der Waals surface area contributed by atoms with Crippen molar-refractivity contribution in [3.8, 4) is 24.9 Å². The van der Waals surface area contributed by atoms with Crippen molar-refractivity contribution in [3.05, 3.63) is 34.9 Å². The van der Waals surface area contributed by atoms with Crippen LogP contribution in [0.3, 0.4) is 0 Å². The quantitative estimate of drug-likeness (QED) is 0.591. The molecular formula is C13H6F6O. The minimum Gasteiger partial charge on any atom is -0.425 e. The van der Waals surface area contributed by atoms with Gasteiger partial charge in [-0.25, -0.2) is 0 Å². The molecule has 0 saturated carbocycles. The molecule has 0 spiro atoms. The van der Waals surface area contributed by atoms with Crippen LogP contribution < -0.4 is 0 Å². The van der Waals surface area contributed by atoms with E-state index in [9.17, 15) is 26.3 Å². The van der Waals surface area contributed by atoms with Gasteiger partial charge in [-0.15, -0.1) is 6.42 Å². The van der Waals surface area contributed by atoms with Gasteiger partial charge in [-0.2, -0.15) is 26.3 Å². The lowest BCUT2D eigenvalue weighted by molar-refractivity contribution is -0.143. The second-order valence-electron chi connectivity index (χ2n) is 3.62. The lowest BCUT2D eigenvalue weighted by atomic mass is 10.0. The van der Waals surface area contributed by atoms with E-state index in [1.807, 2.05) is 5.92 Å². The zero-order valence-corrected chi connectivity index (χ0v) is 9.64. The van der Waals surface area contributed by atoms with E-state index in [1.165, 1.54) is 0 Å². The molecule has 7 heteroatoms. The maximum absolute atomic E-state index is 12.6. The fraction of sp³-hybridized carbons (Fsp3) is 0.231. The van der Waals surface area contributed by atoms with Gasteiger partial charge in [-0.3, -0.25) is 0 Å². The summed E-state index contributed by atoms with van der Waals surface area (Å²) >= 11 is 0. The molecule has 1 nitrogen and oxygen atoms in total. The van der Waals surface area contributed by atoms with Crippen LogP contribution in [0.1, 0.15) is 22.8 Å². The first-order chi connectivity index (χ1) is 9.09. The normalized spacial score (nSPS) is 13.2. The Morgan fingerprint density at radius 1 is 0.900 bits per heavy atom. The van der Waals surface area contributed by atoms with Crippen LogP contribution in [0.25, 0.3) is 0 Å². The Hall–Kier alpha value is -2.28. The van der Waals surface area contributed by atoms with Gasteiger partial charge >= 0.3 is 12.4 Å². The first kappa shape index (κ1) is 15.8. The summed E-state index contributed by atoms with van der Waals surface area (Å²) < 4.78 is 80.0. The first-order valence-electron chi connectivity index (χ1n) is 4.96. The predicted octanol–water partition coefficient (Wildman–Crippen LogP) is 4.01. The van der Waals surface area contributed by atoms with Gasteiger partial charge in [0.05, 0.1) is 11.1 Å². The molecule has 1 atom stereocenters. The van der Waals surface area contributed by atoms with E-state index >= 15 is 0 Å². The zero-order valence-electron chi connectivity index (χ0n) is 9.64. The molecule has 0 aliphatic heterocycles. The van der Waals surface area contributed by atoms with E-state index < -0.39 is 35.1 Å². The molecular weight excluding hydrogens is 286 g/mol. The van der Waals surface area contributed by atoms with E-state index in [2.05, 4.69) is 4.74 Å². The van der Waals surface area contributed by atoms with Crippen LogP contribution in [0, 0.1) is 24.9 Å². The molecule has 0 bridgehead atoms. The van der Waals surface area contributed by atoms with E-state index in [-0.39, 0.29) is 6.07 Å². The number of halogens is 6. The third-order valence-corrected chi connectivity index (χ3v) is 2.25. The summed E-state index contributed by atoms with van der Waals surface area (Å²) in [7, 11) is 0. The Kier molecular flexibility index (Phi) is 4.24. The van der Waals surface area contributed by atoms with Crippen LogP contribution in [0.5, 0.6) is 0 Å². The predicted molar refractivity (Wildman–Crippen MR) is 57.9 cm³/mol. The lowest BCUT2D eigenvalue weighted by Gasteiger charge is -2.16. The molecule has 0 N–H and O–H groups in total. The molecule has 0 aliphatic rings. The molecule has 106 valence electrons. The van der Waals surface area contributed by atoms with Gasteiger partial charge in [-0.05, 0) is 18.2 Å². The Balaban J connectivity index is 3.47. The highest BCUT2D eigenvalue weighted by molar-refractivity contribution is 5.37. The van der Waals surface area contributed by atoms with Gasteiger partial charge < -0.3 is 4.74 Å². The van der Waals surface area contributed by atoms with Crippen molar-refractivity contribution in [3.63, 3.8) is 0 Å².